The lowest BCUT2D eigenvalue weighted by Gasteiger charge is -2.13. The Morgan fingerprint density at radius 2 is 2.19 bits per heavy atom. The molecule has 0 radical (unpaired) electrons. The van der Waals surface area contributed by atoms with E-state index in [1.54, 1.807) is 0 Å². The van der Waals surface area contributed by atoms with Gasteiger partial charge in [0.2, 0.25) is 5.95 Å². The predicted octanol–water partition coefficient (Wildman–Crippen LogP) is 3.20. The third kappa shape index (κ3) is 2.77. The Bertz CT molecular complexity index is 324. The number of imidazole rings is 1. The molecule has 0 bridgehead atoms. The van der Waals surface area contributed by atoms with Gasteiger partial charge in [0, 0.05) is 19.3 Å². The summed E-state index contributed by atoms with van der Waals surface area (Å²) in [6.07, 6.45) is 8.94. The largest absolute Gasteiger partial charge is 0.356 e. The maximum Gasteiger partial charge on any atom is 0.203 e. The Labute approximate surface area is 98.3 Å². The topological polar surface area (TPSA) is 29.9 Å². The Morgan fingerprint density at radius 1 is 1.44 bits per heavy atom. The van der Waals surface area contributed by atoms with Crippen molar-refractivity contribution in [3.05, 3.63) is 11.9 Å². The summed E-state index contributed by atoms with van der Waals surface area (Å²) in [5.74, 6) is 1.93. The van der Waals surface area contributed by atoms with Crippen LogP contribution in [0.15, 0.2) is 6.20 Å². The van der Waals surface area contributed by atoms with Crippen LogP contribution in [0.25, 0.3) is 0 Å². The molecule has 1 heterocycles. The number of rotatable bonds is 5. The van der Waals surface area contributed by atoms with Crippen LogP contribution in [0.3, 0.4) is 0 Å². The monoisotopic (exact) mass is 221 g/mol. The van der Waals surface area contributed by atoms with Crippen molar-refractivity contribution in [3.63, 3.8) is 0 Å². The molecule has 1 fully saturated rings. The van der Waals surface area contributed by atoms with E-state index in [1.807, 2.05) is 0 Å². The minimum Gasteiger partial charge on any atom is -0.356 e. The third-order valence-corrected chi connectivity index (χ3v) is 3.36. The van der Waals surface area contributed by atoms with E-state index in [1.165, 1.54) is 25.7 Å². The fraction of sp³-hybridized carbons (Fsp3) is 0.769. The van der Waals surface area contributed by atoms with E-state index in [4.69, 9.17) is 0 Å². The van der Waals surface area contributed by atoms with Gasteiger partial charge in [0.25, 0.3) is 0 Å². The highest BCUT2D eigenvalue weighted by Gasteiger charge is 2.17. The summed E-state index contributed by atoms with van der Waals surface area (Å²) < 4.78 is 2.31. The molecule has 2 rings (SSSR count). The molecule has 1 aromatic heterocycles. The second-order valence-electron chi connectivity index (χ2n) is 4.94. The van der Waals surface area contributed by atoms with Gasteiger partial charge < -0.3 is 9.88 Å². The Hall–Kier alpha value is -0.990. The molecule has 0 aromatic carbocycles. The van der Waals surface area contributed by atoms with E-state index in [9.17, 15) is 0 Å². The summed E-state index contributed by atoms with van der Waals surface area (Å²) in [6.45, 7) is 6.42. The molecule has 1 saturated carbocycles. The average Bonchev–Trinajstić information content (AvgIpc) is 2.86. The minimum atomic E-state index is 0.871. The molecular weight excluding hydrogens is 198 g/mol. The van der Waals surface area contributed by atoms with Gasteiger partial charge in [0.05, 0.1) is 5.69 Å². The highest BCUT2D eigenvalue weighted by Crippen LogP contribution is 2.27. The van der Waals surface area contributed by atoms with Gasteiger partial charge in [-0.1, -0.05) is 19.8 Å². The maximum atomic E-state index is 4.54. The predicted molar refractivity (Wildman–Crippen MR) is 67.7 cm³/mol. The van der Waals surface area contributed by atoms with E-state index in [0.29, 0.717) is 0 Å². The van der Waals surface area contributed by atoms with Crippen molar-refractivity contribution >= 4 is 5.95 Å². The molecule has 3 nitrogen and oxygen atoms in total. The summed E-state index contributed by atoms with van der Waals surface area (Å²) in [4.78, 5) is 4.54. The molecular formula is C13H23N3. The highest BCUT2D eigenvalue weighted by molar-refractivity contribution is 5.28. The molecule has 1 aliphatic carbocycles. The first kappa shape index (κ1) is 11.5. The Balaban J connectivity index is 2.00. The maximum absolute atomic E-state index is 4.54. The van der Waals surface area contributed by atoms with Gasteiger partial charge in [0.1, 0.15) is 0 Å². The molecule has 0 amide bonds. The van der Waals surface area contributed by atoms with Crippen molar-refractivity contribution in [1.82, 2.24) is 9.55 Å². The van der Waals surface area contributed by atoms with Crippen LogP contribution >= 0.6 is 0 Å². The first-order valence-corrected chi connectivity index (χ1v) is 6.57. The molecule has 0 saturated heterocycles. The van der Waals surface area contributed by atoms with Crippen molar-refractivity contribution in [2.75, 3.05) is 11.9 Å². The van der Waals surface area contributed by atoms with Gasteiger partial charge in [-0.15, -0.1) is 0 Å². The van der Waals surface area contributed by atoms with Crippen LogP contribution < -0.4 is 5.32 Å². The van der Waals surface area contributed by atoms with Crippen LogP contribution in [0.5, 0.6) is 0 Å². The molecule has 0 spiro atoms. The van der Waals surface area contributed by atoms with Crippen molar-refractivity contribution in [1.29, 1.82) is 0 Å². The van der Waals surface area contributed by atoms with Crippen LogP contribution in [0.1, 0.15) is 44.7 Å². The molecule has 90 valence electrons. The van der Waals surface area contributed by atoms with E-state index in [2.05, 4.69) is 34.9 Å². The van der Waals surface area contributed by atoms with Gasteiger partial charge in [-0.3, -0.25) is 0 Å². The SMILES string of the molecule is CCCNc1nc(C)cn1CC1CCCC1. The van der Waals surface area contributed by atoms with Crippen LogP contribution in [0.2, 0.25) is 0 Å². The normalized spacial score (nSPS) is 16.9. The number of hydrogen-bond donors (Lipinski definition) is 1. The van der Waals surface area contributed by atoms with Gasteiger partial charge in [-0.2, -0.15) is 0 Å². The fourth-order valence-corrected chi connectivity index (χ4v) is 2.53. The summed E-state index contributed by atoms with van der Waals surface area (Å²) in [5, 5.41) is 3.41. The van der Waals surface area contributed by atoms with E-state index < -0.39 is 0 Å². The Kier molecular flexibility index (Phi) is 3.86. The molecule has 16 heavy (non-hydrogen) atoms. The number of nitrogens with zero attached hydrogens (tertiary/aromatic N) is 2. The second-order valence-corrected chi connectivity index (χ2v) is 4.94. The summed E-state index contributed by atoms with van der Waals surface area (Å²) in [5.41, 5.74) is 1.12. The number of hydrogen-bond acceptors (Lipinski definition) is 2. The zero-order chi connectivity index (χ0) is 11.4. The minimum absolute atomic E-state index is 0.871. The van der Waals surface area contributed by atoms with E-state index in [0.717, 1.165) is 37.1 Å². The van der Waals surface area contributed by atoms with E-state index >= 15 is 0 Å². The highest BCUT2D eigenvalue weighted by atomic mass is 15.2. The fourth-order valence-electron chi connectivity index (χ4n) is 2.53. The van der Waals surface area contributed by atoms with E-state index in [-0.39, 0.29) is 0 Å². The van der Waals surface area contributed by atoms with Crippen LogP contribution in [0.4, 0.5) is 5.95 Å². The molecule has 0 aliphatic heterocycles. The number of anilines is 1. The van der Waals surface area contributed by atoms with Crippen LogP contribution in [0, 0.1) is 12.8 Å². The molecule has 3 heteroatoms. The summed E-state index contributed by atoms with van der Waals surface area (Å²) in [6, 6.07) is 0. The molecule has 1 N–H and O–H groups in total. The van der Waals surface area contributed by atoms with Gasteiger partial charge in [0.15, 0.2) is 0 Å². The molecule has 0 unspecified atom stereocenters. The first-order valence-electron chi connectivity index (χ1n) is 6.57. The summed E-state index contributed by atoms with van der Waals surface area (Å²) in [7, 11) is 0. The Morgan fingerprint density at radius 3 is 2.88 bits per heavy atom. The first-order chi connectivity index (χ1) is 7.79. The average molecular weight is 221 g/mol. The van der Waals surface area contributed by atoms with Crippen molar-refractivity contribution < 1.29 is 0 Å². The van der Waals surface area contributed by atoms with Crippen LogP contribution in [-0.4, -0.2) is 16.1 Å². The second kappa shape index (κ2) is 5.37. The standard InChI is InChI=1S/C13H23N3/c1-3-8-14-13-15-11(2)9-16(13)10-12-6-4-5-7-12/h9,12H,3-8,10H2,1-2H3,(H,14,15). The zero-order valence-electron chi connectivity index (χ0n) is 10.5. The number of aryl methyl sites for hydroxylation is 1. The lowest BCUT2D eigenvalue weighted by molar-refractivity contribution is 0.459. The molecule has 1 aromatic rings. The molecule has 0 atom stereocenters. The number of nitrogens with one attached hydrogen (secondary N) is 1. The lowest BCUT2D eigenvalue weighted by atomic mass is 10.1. The van der Waals surface area contributed by atoms with Crippen molar-refractivity contribution in [2.24, 2.45) is 5.92 Å². The summed E-state index contributed by atoms with van der Waals surface area (Å²) >= 11 is 0. The van der Waals surface area contributed by atoms with Crippen LogP contribution in [-0.2, 0) is 6.54 Å². The van der Waals surface area contributed by atoms with Crippen molar-refractivity contribution in [2.45, 2.75) is 52.5 Å². The molecule has 1 aliphatic rings. The third-order valence-electron chi connectivity index (χ3n) is 3.36. The van der Waals surface area contributed by atoms with Gasteiger partial charge >= 0.3 is 0 Å². The number of aromatic nitrogens is 2. The van der Waals surface area contributed by atoms with Gasteiger partial charge in [-0.25, -0.2) is 4.98 Å². The zero-order valence-corrected chi connectivity index (χ0v) is 10.5. The smallest absolute Gasteiger partial charge is 0.203 e. The lowest BCUT2D eigenvalue weighted by Crippen LogP contribution is -2.12. The van der Waals surface area contributed by atoms with Gasteiger partial charge in [-0.05, 0) is 32.1 Å². The van der Waals surface area contributed by atoms with Crippen molar-refractivity contribution in [3.8, 4) is 0 Å². The quantitative estimate of drug-likeness (QED) is 0.827.